The Morgan fingerprint density at radius 1 is 1.05 bits per heavy atom. The quantitative estimate of drug-likeness (QED) is 0.282. The number of ether oxygens (including phenoxy) is 2. The van der Waals surface area contributed by atoms with Crippen molar-refractivity contribution in [3.8, 4) is 22.6 Å². The monoisotopic (exact) mass is 537 g/mol. The van der Waals surface area contributed by atoms with Crippen LogP contribution >= 0.6 is 0 Å². The van der Waals surface area contributed by atoms with Gasteiger partial charge in [-0.05, 0) is 48.2 Å². The molecule has 1 heterocycles. The van der Waals surface area contributed by atoms with Gasteiger partial charge in [0.15, 0.2) is 0 Å². The van der Waals surface area contributed by atoms with Crippen LogP contribution in [-0.2, 0) is 21.2 Å². The number of carboxylic acid groups (broad SMARTS) is 1. The summed E-state index contributed by atoms with van der Waals surface area (Å²) in [5.74, 6) is 0.314. The van der Waals surface area contributed by atoms with Crippen molar-refractivity contribution in [1.82, 2.24) is 9.62 Å². The lowest BCUT2D eigenvalue weighted by molar-refractivity contribution is -0.139. The van der Waals surface area contributed by atoms with Crippen molar-refractivity contribution in [3.05, 3.63) is 78.4 Å². The van der Waals surface area contributed by atoms with Gasteiger partial charge in [-0.25, -0.2) is 13.2 Å². The van der Waals surface area contributed by atoms with Gasteiger partial charge in [0.05, 0.1) is 31.0 Å². The highest BCUT2D eigenvalue weighted by Crippen LogP contribution is 2.38. The summed E-state index contributed by atoms with van der Waals surface area (Å²) < 4.78 is 38.4. The maximum Gasteiger partial charge on any atom is 0.326 e. The van der Waals surface area contributed by atoms with Gasteiger partial charge in [-0.15, -0.1) is 0 Å². The van der Waals surface area contributed by atoms with Gasteiger partial charge in [0.1, 0.15) is 23.7 Å². The fraction of sp³-hybridized carbons (Fsp3) is 0.286. The number of carboxylic acids is 1. The Labute approximate surface area is 222 Å². The van der Waals surface area contributed by atoms with Gasteiger partial charge in [-0.2, -0.15) is 4.31 Å². The molecule has 0 spiro atoms. The second kappa shape index (κ2) is 12.1. The van der Waals surface area contributed by atoms with E-state index in [2.05, 4.69) is 10.3 Å². The Bertz CT molecular complexity index is 1360. The number of nitrogens with zero attached hydrogens (tertiary/aromatic N) is 2. The zero-order valence-corrected chi connectivity index (χ0v) is 22.1. The van der Waals surface area contributed by atoms with Crippen molar-refractivity contribution < 1.29 is 27.8 Å². The lowest BCUT2D eigenvalue weighted by Gasteiger charge is -2.21. The zero-order valence-electron chi connectivity index (χ0n) is 21.3. The number of hydrogen-bond acceptors (Lipinski definition) is 6. The van der Waals surface area contributed by atoms with Gasteiger partial charge in [-0.1, -0.05) is 48.5 Å². The van der Waals surface area contributed by atoms with Gasteiger partial charge in [-0.3, -0.25) is 4.99 Å². The smallest absolute Gasteiger partial charge is 0.326 e. The highest BCUT2D eigenvalue weighted by atomic mass is 32.2. The highest BCUT2D eigenvalue weighted by Gasteiger charge is 2.34. The van der Waals surface area contributed by atoms with Gasteiger partial charge in [0.25, 0.3) is 0 Å². The number of nitrogens with one attached hydrogen (secondary N) is 1. The van der Waals surface area contributed by atoms with E-state index in [9.17, 15) is 18.3 Å². The molecule has 0 radical (unpaired) electrons. The molecule has 0 aliphatic carbocycles. The van der Waals surface area contributed by atoms with Crippen LogP contribution in [0.2, 0.25) is 0 Å². The maximum atomic E-state index is 13.0. The van der Waals surface area contributed by atoms with E-state index in [1.807, 2.05) is 42.5 Å². The molecule has 2 N–H and O–H groups in total. The number of sulfonamides is 1. The molecule has 3 aromatic carbocycles. The number of aliphatic carboxylic acids is 1. The summed E-state index contributed by atoms with van der Waals surface area (Å²) in [7, 11) is -0.490. The molecule has 2 atom stereocenters. The fourth-order valence-electron chi connectivity index (χ4n) is 4.50. The Balaban J connectivity index is 1.44. The van der Waals surface area contributed by atoms with E-state index in [4.69, 9.17) is 9.47 Å². The third kappa shape index (κ3) is 5.98. The molecule has 200 valence electrons. The molecule has 0 aromatic heterocycles. The van der Waals surface area contributed by atoms with E-state index in [1.165, 1.54) is 10.6 Å². The van der Waals surface area contributed by atoms with Crippen LogP contribution in [0.25, 0.3) is 11.1 Å². The molecule has 4 rings (SSSR count). The van der Waals surface area contributed by atoms with Gasteiger partial charge < -0.3 is 19.9 Å². The van der Waals surface area contributed by atoms with Crippen LogP contribution in [0.3, 0.4) is 0 Å². The van der Waals surface area contributed by atoms with Crippen LogP contribution < -0.4 is 14.8 Å². The van der Waals surface area contributed by atoms with Gasteiger partial charge >= 0.3 is 5.97 Å². The van der Waals surface area contributed by atoms with Crippen molar-refractivity contribution in [1.29, 1.82) is 0 Å². The fourth-order valence-corrected chi connectivity index (χ4v) is 6.12. The predicted octanol–water partition coefficient (Wildman–Crippen LogP) is 3.80. The minimum Gasteiger partial charge on any atom is -0.496 e. The second-order valence-corrected chi connectivity index (χ2v) is 10.7. The molecular weight excluding hydrogens is 506 g/mol. The van der Waals surface area contributed by atoms with E-state index in [-0.39, 0.29) is 11.3 Å². The Kier molecular flexibility index (Phi) is 8.65. The van der Waals surface area contributed by atoms with Crippen molar-refractivity contribution in [2.24, 2.45) is 4.99 Å². The first-order valence-electron chi connectivity index (χ1n) is 12.2. The van der Waals surface area contributed by atoms with Crippen molar-refractivity contribution >= 4 is 22.3 Å². The molecule has 1 aliphatic rings. The molecule has 1 fully saturated rings. The van der Waals surface area contributed by atoms with E-state index >= 15 is 0 Å². The number of carbonyl (C=O) groups is 1. The number of methoxy groups -OCH3 is 2. The molecule has 1 saturated heterocycles. The summed E-state index contributed by atoms with van der Waals surface area (Å²) >= 11 is 0. The zero-order chi connectivity index (χ0) is 27.1. The average Bonchev–Trinajstić information content (AvgIpc) is 3.42. The predicted molar refractivity (Wildman–Crippen MR) is 145 cm³/mol. The van der Waals surface area contributed by atoms with Crippen LogP contribution in [-0.4, -0.2) is 63.1 Å². The van der Waals surface area contributed by atoms with Crippen LogP contribution in [0.1, 0.15) is 18.4 Å². The molecule has 3 aromatic rings. The van der Waals surface area contributed by atoms with E-state index < -0.39 is 28.2 Å². The summed E-state index contributed by atoms with van der Waals surface area (Å²) in [6.07, 6.45) is 2.19. The summed E-state index contributed by atoms with van der Waals surface area (Å²) in [4.78, 5) is 16.5. The van der Waals surface area contributed by atoms with Crippen LogP contribution in [0.4, 0.5) is 0 Å². The summed E-state index contributed by atoms with van der Waals surface area (Å²) in [6, 6.07) is 20.4. The Morgan fingerprint density at radius 2 is 1.71 bits per heavy atom. The molecule has 1 unspecified atom stereocenters. The summed E-state index contributed by atoms with van der Waals surface area (Å²) in [6.45, 7) is 0.366. The third-order valence-corrected chi connectivity index (χ3v) is 8.37. The first-order chi connectivity index (χ1) is 18.3. The topological polar surface area (TPSA) is 118 Å². The largest absolute Gasteiger partial charge is 0.496 e. The van der Waals surface area contributed by atoms with Crippen LogP contribution in [0.15, 0.2) is 82.7 Å². The van der Waals surface area contributed by atoms with E-state index in [1.54, 1.807) is 44.6 Å². The van der Waals surface area contributed by atoms with Gasteiger partial charge in [0, 0.05) is 13.0 Å². The Hall–Kier alpha value is -3.89. The molecule has 0 bridgehead atoms. The average molecular weight is 538 g/mol. The molecule has 10 heteroatoms. The molecular formula is C28H31N3O6S. The first kappa shape index (κ1) is 27.2. The SMILES string of the molecule is COc1cccc(OC)c1-c1ccc(C[C@H](N/C=N/C2CCCN2S(=O)(=O)c2ccccc2)C(=O)O)cc1. The lowest BCUT2D eigenvalue weighted by Crippen LogP contribution is -2.39. The minimum absolute atomic E-state index is 0.210. The maximum absolute atomic E-state index is 13.0. The third-order valence-electron chi connectivity index (χ3n) is 6.45. The molecule has 1 aliphatic heterocycles. The van der Waals surface area contributed by atoms with E-state index in [0.717, 1.165) is 16.7 Å². The molecule has 38 heavy (non-hydrogen) atoms. The highest BCUT2D eigenvalue weighted by molar-refractivity contribution is 7.89. The second-order valence-electron chi connectivity index (χ2n) is 8.83. The molecule has 0 saturated carbocycles. The number of benzene rings is 3. The normalized spacial score (nSPS) is 16.8. The lowest BCUT2D eigenvalue weighted by atomic mass is 9.99. The summed E-state index contributed by atoms with van der Waals surface area (Å²) in [5.41, 5.74) is 2.51. The number of aliphatic imine (C=N–C) groups is 1. The number of rotatable bonds is 11. The number of hydrogen-bond donors (Lipinski definition) is 2. The molecule has 0 amide bonds. The van der Waals surface area contributed by atoms with Crippen LogP contribution in [0.5, 0.6) is 11.5 Å². The van der Waals surface area contributed by atoms with E-state index in [0.29, 0.717) is 30.9 Å². The van der Waals surface area contributed by atoms with Gasteiger partial charge in [0.2, 0.25) is 10.0 Å². The Morgan fingerprint density at radius 3 is 2.32 bits per heavy atom. The van der Waals surface area contributed by atoms with Crippen molar-refractivity contribution in [2.45, 2.75) is 36.4 Å². The standard InChI is InChI=1S/C28H31N3O6S/c1-36-24-10-6-11-25(37-2)27(24)21-15-13-20(14-16-21)18-23(28(32)33)29-19-30-26-12-7-17-31(26)38(34,35)22-8-4-3-5-9-22/h3-6,8-11,13-16,19,23,26H,7,12,17-18H2,1-2H3,(H,29,30)(H,32,33)/t23-,26?/m0/s1. The van der Waals surface area contributed by atoms with Crippen molar-refractivity contribution in [2.75, 3.05) is 20.8 Å². The van der Waals surface area contributed by atoms with Crippen LogP contribution in [0, 0.1) is 0 Å². The first-order valence-corrected chi connectivity index (χ1v) is 13.7. The minimum atomic E-state index is -3.68. The summed E-state index contributed by atoms with van der Waals surface area (Å²) in [5, 5.41) is 12.6. The molecule has 9 nitrogen and oxygen atoms in total. The van der Waals surface area contributed by atoms with Crippen molar-refractivity contribution in [3.63, 3.8) is 0 Å².